The van der Waals surface area contributed by atoms with Crippen LogP contribution in [0.25, 0.3) is 0 Å². The highest BCUT2D eigenvalue weighted by Gasteiger charge is 2.16. The van der Waals surface area contributed by atoms with E-state index < -0.39 is 33.7 Å². The molecule has 1 aromatic rings. The number of anilines is 1. The summed E-state index contributed by atoms with van der Waals surface area (Å²) in [5.41, 5.74) is -0.492. The number of sulfone groups is 1. The van der Waals surface area contributed by atoms with Crippen molar-refractivity contribution in [3.63, 3.8) is 0 Å². The van der Waals surface area contributed by atoms with Crippen molar-refractivity contribution in [3.05, 3.63) is 29.6 Å². The van der Waals surface area contributed by atoms with Crippen LogP contribution in [0.4, 0.5) is 14.9 Å². The Hall–Kier alpha value is -2.16. The number of nitrogens with one attached hydrogen (secondary N) is 2. The van der Waals surface area contributed by atoms with Crippen molar-refractivity contribution in [2.24, 2.45) is 0 Å². The first-order valence-corrected chi connectivity index (χ1v) is 7.92. The van der Waals surface area contributed by atoms with Crippen molar-refractivity contribution in [1.29, 1.82) is 0 Å². The number of benzene rings is 1. The maximum Gasteiger partial charge on any atom is 0.337 e. The Bertz CT molecular complexity index is 660. The Balaban J connectivity index is 2.79. The monoisotopic (exact) mass is 318 g/mol. The second-order valence-corrected chi connectivity index (χ2v) is 6.77. The van der Waals surface area contributed by atoms with Gasteiger partial charge in [0, 0.05) is 12.3 Å². The van der Waals surface area contributed by atoms with E-state index in [-0.39, 0.29) is 17.0 Å². The maximum atomic E-state index is 13.1. The molecule has 0 aliphatic carbocycles. The fourth-order valence-corrected chi connectivity index (χ4v) is 2.68. The zero-order chi connectivity index (χ0) is 16.2. The predicted molar refractivity (Wildman–Crippen MR) is 74.7 cm³/mol. The molecule has 0 heterocycles. The summed E-state index contributed by atoms with van der Waals surface area (Å²) in [6.07, 6.45) is 1.03. The first kappa shape index (κ1) is 16.9. The number of rotatable bonds is 5. The molecule has 21 heavy (non-hydrogen) atoms. The molecule has 7 nitrogen and oxygen atoms in total. The van der Waals surface area contributed by atoms with E-state index in [0.717, 1.165) is 24.5 Å². The van der Waals surface area contributed by atoms with Crippen molar-refractivity contribution in [1.82, 2.24) is 5.32 Å². The number of carbonyl (C=O) groups excluding carboxylic acids is 1. The lowest BCUT2D eigenvalue weighted by atomic mass is 10.2. The molecule has 0 aliphatic heterocycles. The minimum Gasteiger partial charge on any atom is -0.478 e. The zero-order valence-corrected chi connectivity index (χ0v) is 12.2. The van der Waals surface area contributed by atoms with Crippen molar-refractivity contribution in [2.45, 2.75) is 13.0 Å². The highest BCUT2D eigenvalue weighted by Crippen LogP contribution is 2.17. The first-order chi connectivity index (χ1) is 9.58. The molecule has 3 N–H and O–H groups in total. The van der Waals surface area contributed by atoms with E-state index >= 15 is 0 Å². The summed E-state index contributed by atoms with van der Waals surface area (Å²) in [5.74, 6) is -2.30. The molecule has 0 spiro atoms. The fourth-order valence-electron chi connectivity index (χ4n) is 1.68. The lowest BCUT2D eigenvalue weighted by Gasteiger charge is -2.14. The number of carboxylic acids is 1. The first-order valence-electron chi connectivity index (χ1n) is 5.86. The molecule has 0 aromatic heterocycles. The number of hydrogen-bond donors (Lipinski definition) is 3. The van der Waals surface area contributed by atoms with E-state index in [4.69, 9.17) is 5.11 Å². The van der Waals surface area contributed by atoms with E-state index in [9.17, 15) is 22.4 Å². The normalized spacial score (nSPS) is 12.5. The maximum absolute atomic E-state index is 13.1. The molecular weight excluding hydrogens is 303 g/mol. The summed E-state index contributed by atoms with van der Waals surface area (Å²) in [6.45, 7) is 1.48. The van der Waals surface area contributed by atoms with Gasteiger partial charge in [0.05, 0.1) is 17.0 Å². The van der Waals surface area contributed by atoms with E-state index in [1.54, 1.807) is 0 Å². The number of hydrogen-bond acceptors (Lipinski definition) is 4. The van der Waals surface area contributed by atoms with Crippen LogP contribution in [0.5, 0.6) is 0 Å². The Morgan fingerprint density at radius 3 is 2.52 bits per heavy atom. The standard InChI is InChI=1S/C12H15FN2O5S/c1-7(6-21(2,19)20)14-12(18)15-10-5-8(13)3-4-9(10)11(16)17/h3-5,7H,6H2,1-2H3,(H,16,17)(H2,14,15,18). The van der Waals surface area contributed by atoms with Gasteiger partial charge in [-0.15, -0.1) is 0 Å². The summed E-state index contributed by atoms with van der Waals surface area (Å²) in [5, 5.41) is 13.4. The zero-order valence-electron chi connectivity index (χ0n) is 11.4. The van der Waals surface area contributed by atoms with Gasteiger partial charge in [-0.05, 0) is 25.1 Å². The Kier molecular flexibility index (Phi) is 5.25. The van der Waals surface area contributed by atoms with Crippen molar-refractivity contribution in [3.8, 4) is 0 Å². The van der Waals surface area contributed by atoms with E-state index in [1.807, 2.05) is 0 Å². The molecular formula is C12H15FN2O5S. The quantitative estimate of drug-likeness (QED) is 0.752. The predicted octanol–water partition coefficient (Wildman–Crippen LogP) is 1.08. The molecule has 1 atom stereocenters. The molecule has 1 unspecified atom stereocenters. The van der Waals surface area contributed by atoms with Crippen LogP contribution in [-0.2, 0) is 9.84 Å². The highest BCUT2D eigenvalue weighted by atomic mass is 32.2. The average Bonchev–Trinajstić information content (AvgIpc) is 2.24. The molecule has 0 saturated heterocycles. The van der Waals surface area contributed by atoms with Gasteiger partial charge < -0.3 is 15.7 Å². The lowest BCUT2D eigenvalue weighted by Crippen LogP contribution is -2.40. The summed E-state index contributed by atoms with van der Waals surface area (Å²) in [6, 6.07) is 1.34. The van der Waals surface area contributed by atoms with Crippen LogP contribution in [0.3, 0.4) is 0 Å². The molecule has 116 valence electrons. The Morgan fingerprint density at radius 1 is 1.38 bits per heavy atom. The van der Waals surface area contributed by atoms with Crippen LogP contribution in [0, 0.1) is 5.82 Å². The molecule has 0 fully saturated rings. The summed E-state index contributed by atoms with van der Waals surface area (Å²) in [7, 11) is -3.27. The Morgan fingerprint density at radius 2 is 2.00 bits per heavy atom. The molecule has 1 aromatic carbocycles. The van der Waals surface area contributed by atoms with Crippen LogP contribution >= 0.6 is 0 Å². The fraction of sp³-hybridized carbons (Fsp3) is 0.333. The second kappa shape index (κ2) is 6.53. The third-order valence-electron chi connectivity index (χ3n) is 2.39. The average molecular weight is 318 g/mol. The van der Waals surface area contributed by atoms with E-state index in [0.29, 0.717) is 0 Å². The number of amides is 2. The van der Waals surface area contributed by atoms with Crippen molar-refractivity contribution < 1.29 is 27.5 Å². The van der Waals surface area contributed by atoms with Crippen LogP contribution < -0.4 is 10.6 Å². The minimum absolute atomic E-state index is 0.216. The molecule has 0 saturated carbocycles. The number of urea groups is 1. The van der Waals surface area contributed by atoms with Gasteiger partial charge in [-0.2, -0.15) is 0 Å². The molecule has 2 amide bonds. The van der Waals surface area contributed by atoms with E-state index in [2.05, 4.69) is 10.6 Å². The number of halogens is 1. The van der Waals surface area contributed by atoms with Gasteiger partial charge in [-0.1, -0.05) is 0 Å². The molecule has 1 rings (SSSR count). The van der Waals surface area contributed by atoms with Gasteiger partial charge in [0.15, 0.2) is 0 Å². The largest absolute Gasteiger partial charge is 0.478 e. The summed E-state index contributed by atoms with van der Waals surface area (Å²) < 4.78 is 35.2. The van der Waals surface area contributed by atoms with Gasteiger partial charge >= 0.3 is 12.0 Å². The van der Waals surface area contributed by atoms with Gasteiger partial charge in [0.2, 0.25) is 0 Å². The van der Waals surface area contributed by atoms with Crippen molar-refractivity contribution >= 4 is 27.5 Å². The van der Waals surface area contributed by atoms with E-state index in [1.165, 1.54) is 6.92 Å². The smallest absolute Gasteiger partial charge is 0.337 e. The molecule has 9 heteroatoms. The molecule has 0 radical (unpaired) electrons. The lowest BCUT2D eigenvalue weighted by molar-refractivity contribution is 0.0698. The van der Waals surface area contributed by atoms with Crippen LogP contribution in [0.15, 0.2) is 18.2 Å². The minimum atomic E-state index is -3.27. The van der Waals surface area contributed by atoms with Crippen LogP contribution in [0.1, 0.15) is 17.3 Å². The topological polar surface area (TPSA) is 113 Å². The SMILES string of the molecule is CC(CS(C)(=O)=O)NC(=O)Nc1cc(F)ccc1C(=O)O. The Labute approximate surface area is 121 Å². The van der Waals surface area contributed by atoms with Gasteiger partial charge in [-0.3, -0.25) is 0 Å². The third kappa shape index (κ3) is 5.78. The van der Waals surface area contributed by atoms with Crippen molar-refractivity contribution in [2.75, 3.05) is 17.3 Å². The molecule has 0 aliphatic rings. The number of carbonyl (C=O) groups is 2. The van der Waals surface area contributed by atoms with Crippen LogP contribution in [-0.4, -0.2) is 43.6 Å². The number of aromatic carboxylic acids is 1. The molecule has 0 bridgehead atoms. The highest BCUT2D eigenvalue weighted by molar-refractivity contribution is 7.90. The second-order valence-electron chi connectivity index (χ2n) is 4.59. The van der Waals surface area contributed by atoms with Gasteiger partial charge in [-0.25, -0.2) is 22.4 Å². The van der Waals surface area contributed by atoms with Crippen LogP contribution in [0.2, 0.25) is 0 Å². The summed E-state index contributed by atoms with van der Waals surface area (Å²) in [4.78, 5) is 22.6. The summed E-state index contributed by atoms with van der Waals surface area (Å²) >= 11 is 0. The van der Waals surface area contributed by atoms with Gasteiger partial charge in [0.1, 0.15) is 15.7 Å². The number of carboxylic acid groups (broad SMARTS) is 1. The van der Waals surface area contributed by atoms with Gasteiger partial charge in [0.25, 0.3) is 0 Å². The third-order valence-corrected chi connectivity index (χ3v) is 3.50.